The molecule has 0 aliphatic heterocycles. The average Bonchev–Trinajstić information content (AvgIpc) is 2.96. The Morgan fingerprint density at radius 1 is 1.26 bits per heavy atom. The highest BCUT2D eigenvalue weighted by Crippen LogP contribution is 2.34. The second kappa shape index (κ2) is 9.14. The molecule has 0 spiro atoms. The molecule has 8 heteroatoms. The zero-order valence-electron chi connectivity index (χ0n) is 15.5. The van der Waals surface area contributed by atoms with E-state index < -0.39 is 5.97 Å². The van der Waals surface area contributed by atoms with Crippen molar-refractivity contribution in [3.8, 4) is 5.75 Å². The van der Waals surface area contributed by atoms with Gasteiger partial charge in [0, 0.05) is 5.56 Å². The molecule has 2 aromatic rings. The molecule has 0 unspecified atom stereocenters. The third-order valence-electron chi connectivity index (χ3n) is 3.83. The summed E-state index contributed by atoms with van der Waals surface area (Å²) in [6.07, 6.45) is 0. The molecular weight excluding hydrogens is 434 g/mol. The molecule has 0 saturated heterocycles. The molecule has 0 bridgehead atoms. The molecule has 0 saturated carbocycles. The maximum Gasteiger partial charge on any atom is 0.341 e. The van der Waals surface area contributed by atoms with E-state index in [2.05, 4.69) is 21.2 Å². The number of hydrogen-bond donors (Lipinski definition) is 1. The van der Waals surface area contributed by atoms with E-state index in [0.29, 0.717) is 36.8 Å². The van der Waals surface area contributed by atoms with Gasteiger partial charge in [-0.05, 0) is 60.5 Å². The standard InChI is InChI=1S/C19H20BrNO5S/c1-5-26-19(24)16-10(2)17(11(3)22)27-18(16)21-9-14(23)12-6-7-15(25-4)13(20)8-12/h6-8,21H,5,9H2,1-4H3. The molecule has 6 nitrogen and oxygen atoms in total. The van der Waals surface area contributed by atoms with E-state index in [9.17, 15) is 14.4 Å². The molecule has 27 heavy (non-hydrogen) atoms. The summed E-state index contributed by atoms with van der Waals surface area (Å²) in [6, 6.07) is 5.04. The normalized spacial score (nSPS) is 10.4. The molecule has 0 aliphatic rings. The van der Waals surface area contributed by atoms with E-state index in [-0.39, 0.29) is 24.7 Å². The second-order valence-electron chi connectivity index (χ2n) is 5.66. The molecule has 2 rings (SSSR count). The summed E-state index contributed by atoms with van der Waals surface area (Å²) >= 11 is 4.51. The highest BCUT2D eigenvalue weighted by molar-refractivity contribution is 9.10. The summed E-state index contributed by atoms with van der Waals surface area (Å²) < 4.78 is 10.9. The first-order valence-corrected chi connectivity index (χ1v) is 9.83. The molecule has 1 aromatic carbocycles. The zero-order chi connectivity index (χ0) is 20.1. The molecular formula is C19H20BrNO5S. The van der Waals surface area contributed by atoms with Gasteiger partial charge in [-0.25, -0.2) is 4.79 Å². The van der Waals surface area contributed by atoms with E-state index in [0.717, 1.165) is 11.3 Å². The smallest absolute Gasteiger partial charge is 0.341 e. The molecule has 0 amide bonds. The van der Waals surface area contributed by atoms with Gasteiger partial charge < -0.3 is 14.8 Å². The Hall–Kier alpha value is -2.19. The number of ether oxygens (including phenoxy) is 2. The molecule has 0 aliphatic carbocycles. The Morgan fingerprint density at radius 2 is 1.96 bits per heavy atom. The average molecular weight is 454 g/mol. The van der Waals surface area contributed by atoms with E-state index in [1.54, 1.807) is 39.2 Å². The van der Waals surface area contributed by atoms with E-state index in [1.807, 2.05) is 0 Å². The molecule has 0 fully saturated rings. The first kappa shape index (κ1) is 21.1. The van der Waals surface area contributed by atoms with Crippen LogP contribution < -0.4 is 10.1 Å². The summed E-state index contributed by atoms with van der Waals surface area (Å²) in [5.74, 6) is -0.185. The number of rotatable bonds is 8. The lowest BCUT2D eigenvalue weighted by Crippen LogP contribution is -2.16. The quantitative estimate of drug-likeness (QED) is 0.467. The number of esters is 1. The van der Waals surface area contributed by atoms with Crippen LogP contribution in [0.15, 0.2) is 22.7 Å². The van der Waals surface area contributed by atoms with Crippen LogP contribution >= 0.6 is 27.3 Å². The predicted octanol–water partition coefficient (Wildman–Crippen LogP) is 4.50. The monoisotopic (exact) mass is 453 g/mol. The van der Waals surface area contributed by atoms with Crippen LogP contribution in [0.2, 0.25) is 0 Å². The van der Waals surface area contributed by atoms with E-state index in [4.69, 9.17) is 9.47 Å². The lowest BCUT2D eigenvalue weighted by molar-refractivity contribution is 0.0527. The number of nitrogens with one attached hydrogen (secondary N) is 1. The van der Waals surface area contributed by atoms with Crippen LogP contribution in [0.1, 0.15) is 49.8 Å². The minimum atomic E-state index is -0.513. The van der Waals surface area contributed by atoms with Gasteiger partial charge in [-0.15, -0.1) is 11.3 Å². The Balaban J connectivity index is 2.25. The Morgan fingerprint density at radius 3 is 2.52 bits per heavy atom. The molecule has 1 heterocycles. The lowest BCUT2D eigenvalue weighted by atomic mass is 10.1. The Kier molecular flexibility index (Phi) is 7.15. The minimum Gasteiger partial charge on any atom is -0.496 e. The van der Waals surface area contributed by atoms with Crippen LogP contribution in [0.5, 0.6) is 5.75 Å². The molecule has 144 valence electrons. The van der Waals surface area contributed by atoms with Gasteiger partial charge >= 0.3 is 5.97 Å². The first-order chi connectivity index (χ1) is 12.8. The van der Waals surface area contributed by atoms with Crippen molar-refractivity contribution in [3.63, 3.8) is 0 Å². The van der Waals surface area contributed by atoms with Crippen molar-refractivity contribution in [1.29, 1.82) is 0 Å². The van der Waals surface area contributed by atoms with E-state index >= 15 is 0 Å². The van der Waals surface area contributed by atoms with Crippen molar-refractivity contribution in [2.24, 2.45) is 0 Å². The number of thiophene rings is 1. The summed E-state index contributed by atoms with van der Waals surface area (Å²) in [6.45, 7) is 5.05. The topological polar surface area (TPSA) is 81.7 Å². The maximum atomic E-state index is 12.5. The minimum absolute atomic E-state index is 0.0253. The van der Waals surface area contributed by atoms with Crippen LogP contribution in [0.25, 0.3) is 0 Å². The van der Waals surface area contributed by atoms with Crippen molar-refractivity contribution in [1.82, 2.24) is 0 Å². The fraction of sp³-hybridized carbons (Fsp3) is 0.316. The summed E-state index contributed by atoms with van der Waals surface area (Å²) in [4.78, 5) is 37.1. The van der Waals surface area contributed by atoms with Gasteiger partial charge in [0.2, 0.25) is 0 Å². The lowest BCUT2D eigenvalue weighted by Gasteiger charge is -2.09. The second-order valence-corrected chi connectivity index (χ2v) is 7.54. The van der Waals surface area contributed by atoms with Crippen molar-refractivity contribution >= 4 is 49.8 Å². The number of Topliss-reactive ketones (excluding diaryl/α,β-unsaturated/α-hetero) is 2. The van der Waals surface area contributed by atoms with Crippen molar-refractivity contribution < 1.29 is 23.9 Å². The van der Waals surface area contributed by atoms with Crippen LogP contribution in [-0.2, 0) is 4.74 Å². The number of halogens is 1. The van der Waals surface area contributed by atoms with Crippen LogP contribution in [0.3, 0.4) is 0 Å². The number of carbonyl (C=O) groups is 3. The fourth-order valence-corrected chi connectivity index (χ4v) is 4.15. The SMILES string of the molecule is CCOC(=O)c1c(NCC(=O)c2ccc(OC)c(Br)c2)sc(C(C)=O)c1C. The van der Waals surface area contributed by atoms with Gasteiger partial charge in [0.15, 0.2) is 11.6 Å². The predicted molar refractivity (Wildman–Crippen MR) is 109 cm³/mol. The highest BCUT2D eigenvalue weighted by Gasteiger charge is 2.24. The molecule has 0 radical (unpaired) electrons. The number of hydrogen-bond acceptors (Lipinski definition) is 7. The van der Waals surface area contributed by atoms with Crippen LogP contribution in [0, 0.1) is 6.92 Å². The molecule has 1 N–H and O–H groups in total. The van der Waals surface area contributed by atoms with Gasteiger partial charge in [-0.3, -0.25) is 9.59 Å². The molecule has 0 atom stereocenters. The van der Waals surface area contributed by atoms with Crippen molar-refractivity contribution in [2.45, 2.75) is 20.8 Å². The number of methoxy groups -OCH3 is 1. The van der Waals surface area contributed by atoms with Gasteiger partial charge in [0.25, 0.3) is 0 Å². The number of anilines is 1. The molecule has 1 aromatic heterocycles. The first-order valence-electron chi connectivity index (χ1n) is 8.22. The van der Waals surface area contributed by atoms with Crippen molar-refractivity contribution in [2.75, 3.05) is 25.6 Å². The highest BCUT2D eigenvalue weighted by atomic mass is 79.9. The number of benzene rings is 1. The zero-order valence-corrected chi connectivity index (χ0v) is 17.9. The van der Waals surface area contributed by atoms with Gasteiger partial charge in [0.1, 0.15) is 10.8 Å². The fourth-order valence-electron chi connectivity index (χ4n) is 2.53. The third kappa shape index (κ3) is 4.75. The summed E-state index contributed by atoms with van der Waals surface area (Å²) in [5, 5.41) is 3.44. The number of carbonyl (C=O) groups excluding carboxylic acids is 3. The Labute approximate surface area is 170 Å². The van der Waals surface area contributed by atoms with E-state index in [1.165, 1.54) is 6.92 Å². The maximum absolute atomic E-state index is 12.5. The number of ketones is 2. The van der Waals surface area contributed by atoms with Gasteiger partial charge in [-0.2, -0.15) is 0 Å². The van der Waals surface area contributed by atoms with Crippen LogP contribution in [0.4, 0.5) is 5.00 Å². The van der Waals surface area contributed by atoms with Crippen LogP contribution in [-0.4, -0.2) is 37.8 Å². The largest absolute Gasteiger partial charge is 0.496 e. The van der Waals surface area contributed by atoms with Gasteiger partial charge in [-0.1, -0.05) is 0 Å². The summed E-state index contributed by atoms with van der Waals surface area (Å²) in [7, 11) is 1.55. The van der Waals surface area contributed by atoms with Crippen molar-refractivity contribution in [3.05, 3.63) is 44.2 Å². The Bertz CT molecular complexity index is 890. The summed E-state index contributed by atoms with van der Waals surface area (Å²) in [5.41, 5.74) is 1.36. The van der Waals surface area contributed by atoms with Gasteiger partial charge in [0.05, 0.1) is 35.2 Å². The third-order valence-corrected chi connectivity index (χ3v) is 5.80.